The molecule has 1 atom stereocenters. The first kappa shape index (κ1) is 21.8. The second-order valence-electron chi connectivity index (χ2n) is 7.86. The van der Waals surface area contributed by atoms with Crippen molar-refractivity contribution in [2.45, 2.75) is 37.8 Å². The van der Waals surface area contributed by atoms with Crippen LogP contribution in [0, 0.1) is 5.82 Å². The van der Waals surface area contributed by atoms with Gasteiger partial charge in [-0.25, -0.2) is 9.38 Å². The molecule has 0 aliphatic carbocycles. The molecule has 0 saturated carbocycles. The number of carbonyl (C=O) groups is 2. The molecule has 32 heavy (non-hydrogen) atoms. The van der Waals surface area contributed by atoms with E-state index in [2.05, 4.69) is 15.3 Å². The Morgan fingerprint density at radius 3 is 2.59 bits per heavy atom. The molecule has 2 aromatic rings. The Morgan fingerprint density at radius 2 is 1.88 bits per heavy atom. The highest BCUT2D eigenvalue weighted by molar-refractivity contribution is 6.44. The second-order valence-corrected chi connectivity index (χ2v) is 7.86. The zero-order chi connectivity index (χ0) is 22.7. The molecule has 4 rings (SSSR count). The van der Waals surface area contributed by atoms with Crippen molar-refractivity contribution < 1.29 is 24.2 Å². The fourth-order valence-electron chi connectivity index (χ4n) is 3.98. The lowest BCUT2D eigenvalue weighted by Gasteiger charge is -2.28. The quantitative estimate of drug-likeness (QED) is 0.614. The van der Waals surface area contributed by atoms with E-state index in [1.807, 2.05) is 12.1 Å². The molecule has 166 valence electrons. The van der Waals surface area contributed by atoms with Gasteiger partial charge in [0.15, 0.2) is 0 Å². The van der Waals surface area contributed by atoms with Crippen molar-refractivity contribution in [3.05, 3.63) is 77.4 Å². The highest BCUT2D eigenvalue weighted by Gasteiger charge is 2.37. The predicted molar refractivity (Wildman–Crippen MR) is 113 cm³/mol. The van der Waals surface area contributed by atoms with E-state index >= 15 is 0 Å². The molecule has 2 amide bonds. The maximum atomic E-state index is 13.2. The number of likely N-dealkylation sites (tertiary alicyclic amines) is 1. The summed E-state index contributed by atoms with van der Waals surface area (Å²) in [6.45, 7) is 0.617. The first-order valence-electron chi connectivity index (χ1n) is 10.3. The summed E-state index contributed by atoms with van der Waals surface area (Å²) < 4.78 is 13.0. The molecule has 0 bridgehead atoms. The third-order valence-corrected chi connectivity index (χ3v) is 5.52. The van der Waals surface area contributed by atoms with Gasteiger partial charge in [-0.1, -0.05) is 12.1 Å². The van der Waals surface area contributed by atoms with Crippen LogP contribution in [0.2, 0.25) is 0 Å². The largest absolute Gasteiger partial charge is 0.348 e. The summed E-state index contributed by atoms with van der Waals surface area (Å²) in [6, 6.07) is 9.15. The Labute approximate surface area is 184 Å². The van der Waals surface area contributed by atoms with Crippen molar-refractivity contribution in [3.8, 4) is 0 Å². The molecular formula is C23H23FN4O4. The number of aromatic nitrogens is 1. The lowest BCUT2D eigenvalue weighted by atomic mass is 10.0. The number of nitrogens with one attached hydrogen (secondary N) is 1. The summed E-state index contributed by atoms with van der Waals surface area (Å²) in [5.41, 5.74) is 1.45. The van der Waals surface area contributed by atoms with Crippen LogP contribution in [-0.4, -0.2) is 50.1 Å². The monoisotopic (exact) mass is 438 g/mol. The van der Waals surface area contributed by atoms with E-state index in [0.29, 0.717) is 12.1 Å². The third kappa shape index (κ3) is 4.90. The van der Waals surface area contributed by atoms with Gasteiger partial charge in [-0.3, -0.25) is 14.6 Å². The van der Waals surface area contributed by atoms with Gasteiger partial charge in [-0.05, 0) is 54.3 Å². The molecule has 9 heteroatoms. The minimum Gasteiger partial charge on any atom is -0.348 e. The standard InChI is InChI=1S/C23H23FN4O4/c24-18-5-3-15(4-6-18)14-26-21(29)17-12-19(27-23(31,32)13-17)22(30)28-11-1-2-20(28)16-7-9-25-10-8-16/h3-10,12,20,31-32H,1-2,11,13-14H2,(H,26,29). The van der Waals surface area contributed by atoms with Gasteiger partial charge in [-0.15, -0.1) is 0 Å². The number of benzene rings is 1. The van der Waals surface area contributed by atoms with E-state index in [0.717, 1.165) is 18.4 Å². The van der Waals surface area contributed by atoms with Crippen LogP contribution in [0.3, 0.4) is 0 Å². The van der Waals surface area contributed by atoms with Gasteiger partial charge in [0.25, 0.3) is 11.8 Å². The molecule has 1 unspecified atom stereocenters. The number of hydrogen-bond acceptors (Lipinski definition) is 6. The first-order chi connectivity index (χ1) is 15.3. The van der Waals surface area contributed by atoms with Crippen molar-refractivity contribution >= 4 is 17.5 Å². The maximum Gasteiger partial charge on any atom is 0.272 e. The number of rotatable bonds is 5. The van der Waals surface area contributed by atoms with Gasteiger partial charge in [0, 0.05) is 31.1 Å². The molecule has 1 aromatic carbocycles. The van der Waals surface area contributed by atoms with Crippen LogP contribution >= 0.6 is 0 Å². The fraction of sp³-hybridized carbons (Fsp3) is 0.304. The van der Waals surface area contributed by atoms with Crippen molar-refractivity contribution in [3.63, 3.8) is 0 Å². The highest BCUT2D eigenvalue weighted by atomic mass is 19.1. The lowest BCUT2D eigenvalue weighted by molar-refractivity contribution is -0.155. The average Bonchev–Trinajstić information content (AvgIpc) is 3.27. The number of aliphatic hydroxyl groups is 2. The molecule has 2 aliphatic rings. The molecule has 1 aromatic heterocycles. The Kier molecular flexibility index (Phi) is 6.11. The van der Waals surface area contributed by atoms with Gasteiger partial charge in [0.2, 0.25) is 5.91 Å². The number of aliphatic imine (C=N–C) groups is 1. The van der Waals surface area contributed by atoms with Crippen LogP contribution in [-0.2, 0) is 16.1 Å². The van der Waals surface area contributed by atoms with E-state index in [1.165, 1.54) is 30.3 Å². The number of carbonyl (C=O) groups excluding carboxylic acids is 2. The summed E-state index contributed by atoms with van der Waals surface area (Å²) in [5, 5.41) is 23.0. The minimum absolute atomic E-state index is 0.0233. The van der Waals surface area contributed by atoms with Gasteiger partial charge < -0.3 is 20.4 Å². The molecule has 1 saturated heterocycles. The number of pyridine rings is 1. The molecule has 0 spiro atoms. The maximum absolute atomic E-state index is 13.2. The molecule has 3 N–H and O–H groups in total. The summed E-state index contributed by atoms with van der Waals surface area (Å²) in [7, 11) is 0. The first-order valence-corrected chi connectivity index (χ1v) is 10.3. The zero-order valence-electron chi connectivity index (χ0n) is 17.2. The van der Waals surface area contributed by atoms with Gasteiger partial charge in [0.1, 0.15) is 11.5 Å². The smallest absolute Gasteiger partial charge is 0.272 e. The Morgan fingerprint density at radius 1 is 1.16 bits per heavy atom. The Bertz CT molecular complexity index is 1070. The molecule has 1 fully saturated rings. The zero-order valence-corrected chi connectivity index (χ0v) is 17.2. The molecule has 3 heterocycles. The highest BCUT2D eigenvalue weighted by Crippen LogP contribution is 2.32. The number of amides is 2. The van der Waals surface area contributed by atoms with Crippen molar-refractivity contribution in [2.24, 2.45) is 4.99 Å². The van der Waals surface area contributed by atoms with Crippen LogP contribution in [0.5, 0.6) is 0 Å². The Hall–Kier alpha value is -3.43. The molecule has 8 nitrogen and oxygen atoms in total. The van der Waals surface area contributed by atoms with Crippen LogP contribution < -0.4 is 5.32 Å². The van der Waals surface area contributed by atoms with Crippen LogP contribution in [0.1, 0.15) is 36.4 Å². The van der Waals surface area contributed by atoms with Crippen LogP contribution in [0.4, 0.5) is 4.39 Å². The minimum atomic E-state index is -2.56. The van der Waals surface area contributed by atoms with E-state index in [-0.39, 0.29) is 29.7 Å². The summed E-state index contributed by atoms with van der Waals surface area (Å²) in [4.78, 5) is 35.2. The van der Waals surface area contributed by atoms with Crippen molar-refractivity contribution in [1.82, 2.24) is 15.2 Å². The van der Waals surface area contributed by atoms with Crippen LogP contribution in [0.25, 0.3) is 0 Å². The fourth-order valence-corrected chi connectivity index (χ4v) is 3.98. The van der Waals surface area contributed by atoms with E-state index in [4.69, 9.17) is 0 Å². The lowest BCUT2D eigenvalue weighted by Crippen LogP contribution is -2.42. The summed E-state index contributed by atoms with van der Waals surface area (Å²) in [6.07, 6.45) is 5.72. The number of dihydropyridines is 1. The SMILES string of the molecule is O=C(NCc1ccc(F)cc1)C1=CC(C(=O)N2CCCC2c2ccncc2)=NC(O)(O)C1. The number of halogens is 1. The summed E-state index contributed by atoms with van der Waals surface area (Å²) >= 11 is 0. The van der Waals surface area contributed by atoms with Gasteiger partial charge in [-0.2, -0.15) is 0 Å². The van der Waals surface area contributed by atoms with Crippen LogP contribution in [0.15, 0.2) is 65.4 Å². The molecule has 2 aliphatic heterocycles. The van der Waals surface area contributed by atoms with Gasteiger partial charge in [0.05, 0.1) is 12.5 Å². The topological polar surface area (TPSA) is 115 Å². The Balaban J connectivity index is 1.51. The second kappa shape index (κ2) is 8.97. The molecular weight excluding hydrogens is 415 g/mol. The van der Waals surface area contributed by atoms with E-state index in [9.17, 15) is 24.2 Å². The normalized spacial score (nSPS) is 19.8. The number of hydrogen-bond donors (Lipinski definition) is 3. The van der Waals surface area contributed by atoms with E-state index in [1.54, 1.807) is 17.3 Å². The third-order valence-electron chi connectivity index (χ3n) is 5.52. The van der Waals surface area contributed by atoms with Gasteiger partial charge >= 0.3 is 0 Å². The van der Waals surface area contributed by atoms with E-state index < -0.39 is 24.1 Å². The predicted octanol–water partition coefficient (Wildman–Crippen LogP) is 1.61. The van der Waals surface area contributed by atoms with Crippen molar-refractivity contribution in [2.75, 3.05) is 6.54 Å². The van der Waals surface area contributed by atoms with Crippen molar-refractivity contribution in [1.29, 1.82) is 0 Å². The number of nitrogens with zero attached hydrogens (tertiary/aromatic N) is 3. The average molecular weight is 438 g/mol. The molecule has 0 radical (unpaired) electrons. The summed E-state index contributed by atoms with van der Waals surface area (Å²) in [5.74, 6) is -3.98.